The molecule has 102 valence electrons. The van der Waals surface area contributed by atoms with Gasteiger partial charge in [-0.05, 0) is 42.3 Å². The first-order valence-electron chi connectivity index (χ1n) is 6.77. The molecule has 1 heterocycles. The summed E-state index contributed by atoms with van der Waals surface area (Å²) in [6.07, 6.45) is 2.33. The molecule has 1 atom stereocenters. The minimum absolute atomic E-state index is 0.322. The SMILES string of the molecule is CC1=CC(c2ccccc2-c2nnnn2C)C(C)=C1C. The summed E-state index contributed by atoms with van der Waals surface area (Å²) in [7, 11) is 1.87. The minimum Gasteiger partial charge on any atom is -0.229 e. The molecule has 1 aromatic carbocycles. The molecule has 1 aromatic heterocycles. The lowest BCUT2D eigenvalue weighted by molar-refractivity contribution is 0.714. The van der Waals surface area contributed by atoms with Gasteiger partial charge in [0.1, 0.15) is 0 Å². The molecule has 3 rings (SSSR count). The molecule has 4 nitrogen and oxygen atoms in total. The smallest absolute Gasteiger partial charge is 0.182 e. The quantitative estimate of drug-likeness (QED) is 0.838. The van der Waals surface area contributed by atoms with Crippen molar-refractivity contribution in [2.45, 2.75) is 26.7 Å². The fraction of sp³-hybridized carbons (Fsp3) is 0.312. The molecule has 0 saturated carbocycles. The van der Waals surface area contributed by atoms with Gasteiger partial charge in [0, 0.05) is 18.5 Å². The van der Waals surface area contributed by atoms with Gasteiger partial charge in [0.2, 0.25) is 0 Å². The largest absolute Gasteiger partial charge is 0.229 e. The van der Waals surface area contributed by atoms with Crippen LogP contribution in [0, 0.1) is 0 Å². The lowest BCUT2D eigenvalue weighted by atomic mass is 9.90. The second kappa shape index (κ2) is 4.71. The zero-order valence-corrected chi connectivity index (χ0v) is 12.3. The third-order valence-corrected chi connectivity index (χ3v) is 4.22. The summed E-state index contributed by atoms with van der Waals surface area (Å²) in [5, 5.41) is 11.8. The van der Waals surface area contributed by atoms with Crippen LogP contribution in [0.1, 0.15) is 32.3 Å². The van der Waals surface area contributed by atoms with Gasteiger partial charge in [-0.2, -0.15) is 0 Å². The molecular weight excluding hydrogens is 248 g/mol. The van der Waals surface area contributed by atoms with E-state index in [1.54, 1.807) is 4.68 Å². The lowest BCUT2D eigenvalue weighted by Crippen LogP contribution is -2.02. The molecule has 0 spiro atoms. The minimum atomic E-state index is 0.322. The number of benzene rings is 1. The van der Waals surface area contributed by atoms with Crippen LogP contribution in [0.4, 0.5) is 0 Å². The van der Waals surface area contributed by atoms with Gasteiger partial charge in [-0.15, -0.1) is 5.10 Å². The molecule has 1 unspecified atom stereocenters. The first-order chi connectivity index (χ1) is 9.59. The molecule has 0 bridgehead atoms. The van der Waals surface area contributed by atoms with Gasteiger partial charge in [-0.3, -0.25) is 0 Å². The van der Waals surface area contributed by atoms with Crippen LogP contribution in [0.2, 0.25) is 0 Å². The van der Waals surface area contributed by atoms with Gasteiger partial charge >= 0.3 is 0 Å². The molecule has 1 aliphatic rings. The average Bonchev–Trinajstić information content (AvgIpc) is 2.98. The van der Waals surface area contributed by atoms with E-state index < -0.39 is 0 Å². The van der Waals surface area contributed by atoms with Gasteiger partial charge in [0.15, 0.2) is 5.82 Å². The van der Waals surface area contributed by atoms with E-state index in [4.69, 9.17) is 0 Å². The highest BCUT2D eigenvalue weighted by molar-refractivity contribution is 5.65. The van der Waals surface area contributed by atoms with E-state index >= 15 is 0 Å². The summed E-state index contributed by atoms with van der Waals surface area (Å²) in [4.78, 5) is 0. The topological polar surface area (TPSA) is 43.6 Å². The molecule has 20 heavy (non-hydrogen) atoms. The molecule has 0 radical (unpaired) electrons. The Morgan fingerprint density at radius 1 is 1.10 bits per heavy atom. The molecule has 0 saturated heterocycles. The Morgan fingerprint density at radius 3 is 2.45 bits per heavy atom. The van der Waals surface area contributed by atoms with Crippen molar-refractivity contribution in [1.29, 1.82) is 0 Å². The maximum Gasteiger partial charge on any atom is 0.182 e. The van der Waals surface area contributed by atoms with Crippen LogP contribution in [0.3, 0.4) is 0 Å². The van der Waals surface area contributed by atoms with Gasteiger partial charge in [0.05, 0.1) is 0 Å². The third-order valence-electron chi connectivity index (χ3n) is 4.22. The van der Waals surface area contributed by atoms with Gasteiger partial charge in [0.25, 0.3) is 0 Å². The van der Waals surface area contributed by atoms with E-state index in [1.807, 2.05) is 13.1 Å². The molecule has 2 aromatic rings. The Labute approximate surface area is 118 Å². The summed E-state index contributed by atoms with van der Waals surface area (Å²) < 4.78 is 1.72. The second-order valence-corrected chi connectivity index (χ2v) is 5.35. The van der Waals surface area contributed by atoms with E-state index in [-0.39, 0.29) is 0 Å². The van der Waals surface area contributed by atoms with Crippen molar-refractivity contribution in [2.75, 3.05) is 0 Å². The Morgan fingerprint density at radius 2 is 1.85 bits per heavy atom. The predicted molar refractivity (Wildman–Crippen MR) is 79.1 cm³/mol. The van der Waals surface area contributed by atoms with Crippen molar-refractivity contribution in [2.24, 2.45) is 7.05 Å². The highest BCUT2D eigenvalue weighted by Crippen LogP contribution is 2.40. The molecular formula is C16H18N4. The van der Waals surface area contributed by atoms with Crippen molar-refractivity contribution >= 4 is 0 Å². The van der Waals surface area contributed by atoms with Crippen LogP contribution >= 0.6 is 0 Å². The van der Waals surface area contributed by atoms with Gasteiger partial charge in [-0.25, -0.2) is 4.68 Å². The highest BCUT2D eigenvalue weighted by atomic mass is 15.5. The molecule has 0 fully saturated rings. The van der Waals surface area contributed by atoms with E-state index in [2.05, 4.69) is 60.6 Å². The van der Waals surface area contributed by atoms with Gasteiger partial charge < -0.3 is 0 Å². The normalized spacial score (nSPS) is 18.6. The maximum atomic E-state index is 4.15. The Balaban J connectivity index is 2.16. The van der Waals surface area contributed by atoms with E-state index in [0.29, 0.717) is 5.92 Å². The first kappa shape index (κ1) is 12.8. The summed E-state index contributed by atoms with van der Waals surface area (Å²) in [6, 6.07) is 8.36. The number of hydrogen-bond donors (Lipinski definition) is 0. The summed E-state index contributed by atoms with van der Waals surface area (Å²) in [5.74, 6) is 1.13. The maximum absolute atomic E-state index is 4.15. The Hall–Kier alpha value is -2.23. The summed E-state index contributed by atoms with van der Waals surface area (Å²) in [6.45, 7) is 6.57. The number of nitrogens with zero attached hydrogens (tertiary/aromatic N) is 4. The number of aryl methyl sites for hydroxylation is 1. The fourth-order valence-corrected chi connectivity index (χ4v) is 2.80. The number of hydrogen-bond acceptors (Lipinski definition) is 3. The van der Waals surface area contributed by atoms with Crippen molar-refractivity contribution in [3.63, 3.8) is 0 Å². The van der Waals surface area contributed by atoms with E-state index in [1.165, 1.54) is 22.3 Å². The fourth-order valence-electron chi connectivity index (χ4n) is 2.80. The van der Waals surface area contributed by atoms with Crippen LogP contribution in [-0.2, 0) is 7.05 Å². The van der Waals surface area contributed by atoms with Crippen LogP contribution < -0.4 is 0 Å². The number of aromatic nitrogens is 4. The average molecular weight is 266 g/mol. The number of tetrazole rings is 1. The van der Waals surface area contributed by atoms with Crippen LogP contribution in [0.15, 0.2) is 47.1 Å². The Bertz CT molecular complexity index is 722. The van der Waals surface area contributed by atoms with Crippen LogP contribution in [0.25, 0.3) is 11.4 Å². The third kappa shape index (κ3) is 1.88. The standard InChI is InChI=1S/C16H18N4/c1-10-9-15(12(3)11(10)2)13-7-5-6-8-14(13)16-17-18-19-20(16)4/h5-9,15H,1-4H3. The summed E-state index contributed by atoms with van der Waals surface area (Å²) >= 11 is 0. The zero-order valence-electron chi connectivity index (χ0n) is 12.3. The first-order valence-corrected chi connectivity index (χ1v) is 6.77. The zero-order chi connectivity index (χ0) is 14.3. The molecule has 0 aliphatic heterocycles. The Kier molecular flexibility index (Phi) is 3.01. The van der Waals surface area contributed by atoms with E-state index in [0.717, 1.165) is 11.4 Å². The van der Waals surface area contributed by atoms with Crippen LogP contribution in [-0.4, -0.2) is 20.2 Å². The molecule has 0 amide bonds. The molecule has 0 N–H and O–H groups in total. The molecule has 1 aliphatic carbocycles. The lowest BCUT2D eigenvalue weighted by Gasteiger charge is -2.15. The highest BCUT2D eigenvalue weighted by Gasteiger charge is 2.23. The monoisotopic (exact) mass is 266 g/mol. The van der Waals surface area contributed by atoms with E-state index in [9.17, 15) is 0 Å². The van der Waals surface area contributed by atoms with Crippen molar-refractivity contribution in [1.82, 2.24) is 20.2 Å². The van der Waals surface area contributed by atoms with Gasteiger partial charge in [-0.1, -0.05) is 41.5 Å². The molecule has 4 heteroatoms. The number of rotatable bonds is 2. The van der Waals surface area contributed by atoms with Crippen molar-refractivity contribution < 1.29 is 0 Å². The second-order valence-electron chi connectivity index (χ2n) is 5.35. The predicted octanol–water partition coefficient (Wildman–Crippen LogP) is 3.26. The van der Waals surface area contributed by atoms with Crippen molar-refractivity contribution in [3.05, 3.63) is 52.6 Å². The van der Waals surface area contributed by atoms with Crippen molar-refractivity contribution in [3.8, 4) is 11.4 Å². The van der Waals surface area contributed by atoms with Crippen LogP contribution in [0.5, 0.6) is 0 Å². The summed E-state index contributed by atoms with van der Waals surface area (Å²) in [5.41, 5.74) is 6.52. The number of allylic oxidation sites excluding steroid dienone is 4.